The monoisotopic (exact) mass is 203 g/mol. The number of hydrogen-bond donors (Lipinski definition) is 2. The van der Waals surface area contributed by atoms with E-state index in [9.17, 15) is 15.0 Å². The van der Waals surface area contributed by atoms with Gasteiger partial charge in [-0.3, -0.25) is 9.78 Å². The number of pyridine rings is 1. The van der Waals surface area contributed by atoms with Crippen LogP contribution in [0, 0.1) is 0 Å². The van der Waals surface area contributed by atoms with Crippen molar-refractivity contribution in [2.24, 2.45) is 0 Å². The zero-order valence-corrected chi connectivity index (χ0v) is 7.84. The maximum absolute atomic E-state index is 11.5. The summed E-state index contributed by atoms with van der Waals surface area (Å²) in [6, 6.07) is 5.04. The molecule has 1 heterocycles. The van der Waals surface area contributed by atoms with E-state index in [2.05, 4.69) is 4.98 Å². The van der Waals surface area contributed by atoms with Gasteiger partial charge in [0, 0.05) is 12.6 Å². The molecule has 0 aliphatic heterocycles. The smallest absolute Gasteiger partial charge is 0.172 e. The van der Waals surface area contributed by atoms with Crippen LogP contribution in [0.25, 0.3) is 5.57 Å². The summed E-state index contributed by atoms with van der Waals surface area (Å²) < 4.78 is 0. The molecule has 76 valence electrons. The van der Waals surface area contributed by atoms with Gasteiger partial charge >= 0.3 is 0 Å². The van der Waals surface area contributed by atoms with Gasteiger partial charge < -0.3 is 10.2 Å². The average Bonchev–Trinajstić information content (AvgIpc) is 2.26. The van der Waals surface area contributed by atoms with E-state index in [4.69, 9.17) is 0 Å². The Morgan fingerprint density at radius 1 is 1.27 bits per heavy atom. The molecule has 4 nitrogen and oxygen atoms in total. The highest BCUT2D eigenvalue weighted by Crippen LogP contribution is 2.25. The van der Waals surface area contributed by atoms with Crippen molar-refractivity contribution in [1.82, 2.24) is 4.98 Å². The minimum Gasteiger partial charge on any atom is -0.504 e. The Morgan fingerprint density at radius 3 is 2.73 bits per heavy atom. The van der Waals surface area contributed by atoms with Crippen LogP contribution in [-0.4, -0.2) is 21.0 Å². The van der Waals surface area contributed by atoms with E-state index >= 15 is 0 Å². The largest absolute Gasteiger partial charge is 0.504 e. The number of carbonyl (C=O) groups is 1. The molecule has 0 atom stereocenters. The highest BCUT2D eigenvalue weighted by atomic mass is 16.3. The zero-order chi connectivity index (χ0) is 10.8. The van der Waals surface area contributed by atoms with Crippen LogP contribution in [0.15, 0.2) is 42.0 Å². The summed E-state index contributed by atoms with van der Waals surface area (Å²) in [4.78, 5) is 15.5. The summed E-state index contributed by atoms with van der Waals surface area (Å²) in [6.07, 6.45) is 2.89. The number of aliphatic hydroxyl groups is 2. The molecule has 1 aromatic heterocycles. The number of nitrogens with zero attached hydrogens (tertiary/aromatic N) is 1. The standard InChI is InChI=1S/C11H9NO3/c13-8-4-5-9(14)11(15)10(8)7-3-1-2-6-12-7/h1-3,5-6,14-15H,4H2. The maximum atomic E-state index is 11.5. The first-order valence-corrected chi connectivity index (χ1v) is 4.47. The van der Waals surface area contributed by atoms with Crippen LogP contribution in [0.2, 0.25) is 0 Å². The molecule has 0 radical (unpaired) electrons. The molecule has 0 unspecified atom stereocenters. The Kier molecular flexibility index (Phi) is 2.25. The average molecular weight is 203 g/mol. The molecule has 0 aromatic carbocycles. The molecular formula is C11H9NO3. The molecule has 2 N–H and O–H groups in total. The Balaban J connectivity index is 2.56. The van der Waals surface area contributed by atoms with Gasteiger partial charge in [-0.05, 0) is 18.2 Å². The zero-order valence-electron chi connectivity index (χ0n) is 7.84. The van der Waals surface area contributed by atoms with Crippen LogP contribution < -0.4 is 0 Å². The molecule has 0 fully saturated rings. The van der Waals surface area contributed by atoms with Gasteiger partial charge in [-0.1, -0.05) is 6.07 Å². The fourth-order valence-corrected chi connectivity index (χ4v) is 1.42. The van der Waals surface area contributed by atoms with E-state index < -0.39 is 5.76 Å². The Bertz CT molecular complexity index is 460. The molecule has 2 rings (SSSR count). The van der Waals surface area contributed by atoms with Crippen LogP contribution in [0.5, 0.6) is 0 Å². The van der Waals surface area contributed by atoms with Crippen LogP contribution in [0.3, 0.4) is 0 Å². The number of aromatic nitrogens is 1. The quantitative estimate of drug-likeness (QED) is 0.729. The Hall–Kier alpha value is -2.10. The second kappa shape index (κ2) is 3.57. The van der Waals surface area contributed by atoms with E-state index in [0.29, 0.717) is 5.69 Å². The van der Waals surface area contributed by atoms with E-state index in [0.717, 1.165) is 0 Å². The lowest BCUT2D eigenvalue weighted by atomic mass is 9.97. The van der Waals surface area contributed by atoms with E-state index in [1.807, 2.05) is 0 Å². The third-order valence-electron chi connectivity index (χ3n) is 2.16. The number of hydrogen-bond acceptors (Lipinski definition) is 4. The van der Waals surface area contributed by atoms with Crippen molar-refractivity contribution in [2.75, 3.05) is 0 Å². The van der Waals surface area contributed by atoms with Crippen LogP contribution in [0.1, 0.15) is 12.1 Å². The number of rotatable bonds is 1. The second-order valence-electron chi connectivity index (χ2n) is 3.16. The first kappa shape index (κ1) is 9.45. The van der Waals surface area contributed by atoms with Gasteiger partial charge in [-0.15, -0.1) is 0 Å². The fraction of sp³-hybridized carbons (Fsp3) is 0.0909. The predicted octanol–water partition coefficient (Wildman–Crippen LogP) is 1.77. The molecule has 0 saturated carbocycles. The Labute approximate surface area is 86.2 Å². The van der Waals surface area contributed by atoms with Gasteiger partial charge in [-0.2, -0.15) is 0 Å². The van der Waals surface area contributed by atoms with Crippen molar-refractivity contribution in [3.8, 4) is 0 Å². The number of allylic oxidation sites excluding steroid dienone is 2. The number of Topliss-reactive ketones (excluding diaryl/α,β-unsaturated/α-hetero) is 1. The molecule has 1 aliphatic rings. The van der Waals surface area contributed by atoms with Gasteiger partial charge in [0.15, 0.2) is 17.3 Å². The molecule has 0 saturated heterocycles. The molecular weight excluding hydrogens is 194 g/mol. The lowest BCUT2D eigenvalue weighted by Gasteiger charge is -2.12. The second-order valence-corrected chi connectivity index (χ2v) is 3.16. The minimum atomic E-state index is -0.398. The first-order valence-electron chi connectivity index (χ1n) is 4.47. The minimum absolute atomic E-state index is 0.0793. The number of ketones is 1. The van der Waals surface area contributed by atoms with Crippen LogP contribution >= 0.6 is 0 Å². The first-order chi connectivity index (χ1) is 7.20. The van der Waals surface area contributed by atoms with Crippen molar-refractivity contribution >= 4 is 11.4 Å². The molecule has 4 heteroatoms. The lowest BCUT2D eigenvalue weighted by Crippen LogP contribution is -2.11. The summed E-state index contributed by atoms with van der Waals surface area (Å²) in [5, 5.41) is 18.9. The molecule has 0 amide bonds. The third kappa shape index (κ3) is 1.61. The summed E-state index contributed by atoms with van der Waals surface area (Å²) in [5.74, 6) is -0.913. The highest BCUT2D eigenvalue weighted by molar-refractivity contribution is 6.22. The number of carbonyl (C=O) groups excluding carboxylic acids is 1. The molecule has 1 aromatic rings. The van der Waals surface area contributed by atoms with Gasteiger partial charge in [0.2, 0.25) is 0 Å². The van der Waals surface area contributed by atoms with Crippen molar-refractivity contribution in [2.45, 2.75) is 6.42 Å². The normalized spacial score (nSPS) is 16.5. The Morgan fingerprint density at radius 2 is 2.07 bits per heavy atom. The van der Waals surface area contributed by atoms with E-state index in [1.165, 1.54) is 12.3 Å². The van der Waals surface area contributed by atoms with E-state index in [-0.39, 0.29) is 23.5 Å². The predicted molar refractivity (Wildman–Crippen MR) is 54.1 cm³/mol. The summed E-state index contributed by atoms with van der Waals surface area (Å²) in [5.41, 5.74) is 0.454. The maximum Gasteiger partial charge on any atom is 0.172 e. The SMILES string of the molecule is O=C1CC=C(O)C(O)=C1c1ccccn1. The number of aliphatic hydroxyl groups excluding tert-OH is 2. The van der Waals surface area contributed by atoms with Crippen LogP contribution in [-0.2, 0) is 4.79 Å². The van der Waals surface area contributed by atoms with Gasteiger partial charge in [0.05, 0.1) is 11.3 Å². The van der Waals surface area contributed by atoms with Crippen LogP contribution in [0.4, 0.5) is 0 Å². The fourth-order valence-electron chi connectivity index (χ4n) is 1.42. The van der Waals surface area contributed by atoms with Gasteiger partial charge in [0.25, 0.3) is 0 Å². The molecule has 0 spiro atoms. The van der Waals surface area contributed by atoms with Crippen molar-refractivity contribution in [1.29, 1.82) is 0 Å². The van der Waals surface area contributed by atoms with Gasteiger partial charge in [-0.25, -0.2) is 0 Å². The lowest BCUT2D eigenvalue weighted by molar-refractivity contribution is -0.113. The third-order valence-corrected chi connectivity index (χ3v) is 2.16. The topological polar surface area (TPSA) is 70.4 Å². The summed E-state index contributed by atoms with van der Waals surface area (Å²) in [7, 11) is 0. The highest BCUT2D eigenvalue weighted by Gasteiger charge is 2.23. The van der Waals surface area contributed by atoms with Crippen molar-refractivity contribution in [3.05, 3.63) is 47.7 Å². The molecule has 15 heavy (non-hydrogen) atoms. The van der Waals surface area contributed by atoms with Gasteiger partial charge in [0.1, 0.15) is 0 Å². The molecule has 1 aliphatic carbocycles. The van der Waals surface area contributed by atoms with E-state index in [1.54, 1.807) is 18.2 Å². The van der Waals surface area contributed by atoms with Crippen molar-refractivity contribution < 1.29 is 15.0 Å². The summed E-state index contributed by atoms with van der Waals surface area (Å²) >= 11 is 0. The summed E-state index contributed by atoms with van der Waals surface area (Å²) in [6.45, 7) is 0. The van der Waals surface area contributed by atoms with Crippen molar-refractivity contribution in [3.63, 3.8) is 0 Å². The molecule has 0 bridgehead atoms.